The molecule has 0 atom stereocenters. The monoisotopic (exact) mass is 301 g/mol. The highest BCUT2D eigenvalue weighted by Gasteiger charge is 2.19. The Balaban J connectivity index is 2.25. The van der Waals surface area contributed by atoms with Crippen molar-refractivity contribution < 1.29 is 14.2 Å². The van der Waals surface area contributed by atoms with Crippen molar-refractivity contribution in [3.63, 3.8) is 0 Å². The minimum Gasteiger partial charge on any atom is -0.493 e. The maximum Gasteiger partial charge on any atom is 0.207 e. The molecule has 0 fully saturated rings. The molecule has 114 valence electrons. The van der Waals surface area contributed by atoms with Crippen molar-refractivity contribution in [1.82, 2.24) is 19.6 Å². The van der Waals surface area contributed by atoms with Gasteiger partial charge in [0.25, 0.3) is 0 Å². The lowest BCUT2D eigenvalue weighted by atomic mass is 10.1. The van der Waals surface area contributed by atoms with E-state index >= 15 is 0 Å². The van der Waals surface area contributed by atoms with Crippen LogP contribution in [-0.2, 0) is 0 Å². The molecule has 1 aromatic carbocycles. The van der Waals surface area contributed by atoms with E-state index < -0.39 is 0 Å². The van der Waals surface area contributed by atoms with Crippen LogP contribution in [-0.4, -0.2) is 40.9 Å². The van der Waals surface area contributed by atoms with Gasteiger partial charge in [-0.2, -0.15) is 0 Å². The van der Waals surface area contributed by atoms with E-state index in [4.69, 9.17) is 19.9 Å². The third-order valence-electron chi connectivity index (χ3n) is 3.30. The summed E-state index contributed by atoms with van der Waals surface area (Å²) in [6.07, 6.45) is 1.51. The number of aromatic nitrogens is 4. The summed E-state index contributed by atoms with van der Waals surface area (Å²) in [7, 11) is 4.67. The molecule has 0 unspecified atom stereocenters. The number of anilines is 1. The van der Waals surface area contributed by atoms with Crippen LogP contribution in [0, 0.1) is 0 Å². The van der Waals surface area contributed by atoms with Crippen LogP contribution in [0.2, 0.25) is 0 Å². The number of hydrogen-bond acceptors (Lipinski definition) is 7. The number of benzene rings is 1. The van der Waals surface area contributed by atoms with Crippen molar-refractivity contribution in [1.29, 1.82) is 0 Å². The van der Waals surface area contributed by atoms with Gasteiger partial charge in [-0.15, -0.1) is 10.2 Å². The highest BCUT2D eigenvalue weighted by Crippen LogP contribution is 2.43. The topological polar surface area (TPSA) is 96.8 Å². The molecule has 0 saturated heterocycles. The number of nitrogens with zero attached hydrogens (tertiary/aromatic N) is 4. The van der Waals surface area contributed by atoms with E-state index in [0.29, 0.717) is 28.6 Å². The number of nitrogen functional groups attached to an aromatic ring is 1. The van der Waals surface area contributed by atoms with Crippen LogP contribution in [0.25, 0.3) is 16.9 Å². The first-order valence-electron chi connectivity index (χ1n) is 6.45. The van der Waals surface area contributed by atoms with Crippen LogP contribution < -0.4 is 19.9 Å². The molecule has 3 rings (SSSR count). The van der Waals surface area contributed by atoms with Gasteiger partial charge in [-0.3, -0.25) is 4.40 Å². The molecule has 0 spiro atoms. The van der Waals surface area contributed by atoms with Gasteiger partial charge in [0.1, 0.15) is 6.33 Å². The fourth-order valence-corrected chi connectivity index (χ4v) is 2.29. The molecule has 2 N–H and O–H groups in total. The first-order valence-corrected chi connectivity index (χ1v) is 6.45. The number of hydrogen-bond donors (Lipinski definition) is 1. The molecular formula is C14H15N5O3. The molecule has 0 amide bonds. The Kier molecular flexibility index (Phi) is 3.42. The minimum absolute atomic E-state index is 0.286. The van der Waals surface area contributed by atoms with E-state index in [1.807, 2.05) is 6.07 Å². The second-order valence-electron chi connectivity index (χ2n) is 4.44. The Bertz CT molecular complexity index is 831. The Morgan fingerprint density at radius 2 is 1.82 bits per heavy atom. The molecule has 0 aliphatic rings. The molecule has 0 radical (unpaired) electrons. The Morgan fingerprint density at radius 1 is 1.05 bits per heavy atom. The van der Waals surface area contributed by atoms with Gasteiger partial charge in [-0.1, -0.05) is 0 Å². The summed E-state index contributed by atoms with van der Waals surface area (Å²) < 4.78 is 17.7. The average Bonchev–Trinajstić information content (AvgIpc) is 3.02. The van der Waals surface area contributed by atoms with Crippen molar-refractivity contribution in [3.05, 3.63) is 24.5 Å². The summed E-state index contributed by atoms with van der Waals surface area (Å²) >= 11 is 0. The summed E-state index contributed by atoms with van der Waals surface area (Å²) in [6, 6.07) is 5.38. The maximum absolute atomic E-state index is 5.93. The Labute approximate surface area is 126 Å². The summed E-state index contributed by atoms with van der Waals surface area (Å²) in [5.41, 5.74) is 7.86. The maximum atomic E-state index is 5.93. The predicted molar refractivity (Wildman–Crippen MR) is 80.3 cm³/mol. The van der Waals surface area contributed by atoms with Crippen LogP contribution in [0.3, 0.4) is 0 Å². The van der Waals surface area contributed by atoms with E-state index in [1.54, 1.807) is 37.9 Å². The van der Waals surface area contributed by atoms with Gasteiger partial charge in [-0.25, -0.2) is 4.98 Å². The SMILES string of the molecule is COc1ccc(-c2cc3nncn3c(N)n2)c(OC)c1OC. The van der Waals surface area contributed by atoms with Crippen molar-refractivity contribution in [2.45, 2.75) is 0 Å². The number of nitrogens with two attached hydrogens (primary N) is 1. The second-order valence-corrected chi connectivity index (χ2v) is 4.44. The van der Waals surface area contributed by atoms with Gasteiger partial charge in [0.05, 0.1) is 27.0 Å². The minimum atomic E-state index is 0.286. The molecule has 0 aliphatic heterocycles. The molecule has 2 aromatic heterocycles. The Hall–Kier alpha value is -3.03. The van der Waals surface area contributed by atoms with E-state index in [1.165, 1.54) is 6.33 Å². The fraction of sp³-hybridized carbons (Fsp3) is 0.214. The van der Waals surface area contributed by atoms with Gasteiger partial charge >= 0.3 is 0 Å². The smallest absolute Gasteiger partial charge is 0.207 e. The standard InChI is InChI=1S/C14H15N5O3/c1-20-10-5-4-8(12(21-2)13(10)22-3)9-6-11-18-16-7-19(11)14(15)17-9/h4-7H,1-3H3,(H2,15,17). The van der Waals surface area contributed by atoms with Crippen molar-refractivity contribution in [3.8, 4) is 28.5 Å². The zero-order valence-corrected chi connectivity index (χ0v) is 12.4. The molecule has 0 aliphatic carbocycles. The van der Waals surface area contributed by atoms with Gasteiger partial charge in [0.2, 0.25) is 11.7 Å². The highest BCUT2D eigenvalue weighted by atomic mass is 16.5. The van der Waals surface area contributed by atoms with E-state index in [9.17, 15) is 0 Å². The predicted octanol–water partition coefficient (Wildman–Crippen LogP) is 1.40. The van der Waals surface area contributed by atoms with Crippen LogP contribution >= 0.6 is 0 Å². The van der Waals surface area contributed by atoms with E-state index in [-0.39, 0.29) is 5.95 Å². The van der Waals surface area contributed by atoms with Gasteiger partial charge in [-0.05, 0) is 12.1 Å². The van der Waals surface area contributed by atoms with E-state index in [0.717, 1.165) is 5.56 Å². The lowest BCUT2D eigenvalue weighted by molar-refractivity contribution is 0.325. The third kappa shape index (κ3) is 2.05. The summed E-state index contributed by atoms with van der Waals surface area (Å²) in [4.78, 5) is 4.37. The lowest BCUT2D eigenvalue weighted by Crippen LogP contribution is -2.02. The van der Waals surface area contributed by atoms with Crippen LogP contribution in [0.15, 0.2) is 24.5 Å². The zero-order chi connectivity index (χ0) is 15.7. The van der Waals surface area contributed by atoms with Gasteiger partial charge < -0.3 is 19.9 Å². The molecule has 8 nitrogen and oxygen atoms in total. The normalized spacial score (nSPS) is 10.7. The second kappa shape index (κ2) is 5.40. The molecule has 8 heteroatoms. The molecular weight excluding hydrogens is 286 g/mol. The summed E-state index contributed by atoms with van der Waals surface area (Å²) in [6.45, 7) is 0. The number of ether oxygens (including phenoxy) is 3. The van der Waals surface area contributed by atoms with Crippen molar-refractivity contribution in [2.24, 2.45) is 0 Å². The molecule has 0 bridgehead atoms. The fourth-order valence-electron chi connectivity index (χ4n) is 2.29. The first kappa shape index (κ1) is 13.9. The van der Waals surface area contributed by atoms with Crippen molar-refractivity contribution >= 4 is 11.6 Å². The van der Waals surface area contributed by atoms with E-state index in [2.05, 4.69) is 15.2 Å². The van der Waals surface area contributed by atoms with Crippen LogP contribution in [0.1, 0.15) is 0 Å². The van der Waals surface area contributed by atoms with Gasteiger partial charge in [0.15, 0.2) is 17.1 Å². The molecule has 0 saturated carbocycles. The number of fused-ring (bicyclic) bond motifs is 1. The lowest BCUT2D eigenvalue weighted by Gasteiger charge is -2.15. The molecule has 22 heavy (non-hydrogen) atoms. The third-order valence-corrected chi connectivity index (χ3v) is 3.30. The average molecular weight is 301 g/mol. The van der Waals surface area contributed by atoms with Crippen molar-refractivity contribution in [2.75, 3.05) is 27.1 Å². The first-order chi connectivity index (χ1) is 10.7. The molecule has 2 heterocycles. The molecule has 3 aromatic rings. The largest absolute Gasteiger partial charge is 0.493 e. The quantitative estimate of drug-likeness (QED) is 0.777. The highest BCUT2D eigenvalue weighted by molar-refractivity contribution is 5.76. The Morgan fingerprint density at radius 3 is 2.50 bits per heavy atom. The number of rotatable bonds is 4. The summed E-state index contributed by atoms with van der Waals surface area (Å²) in [5.74, 6) is 1.86. The van der Waals surface area contributed by atoms with Crippen LogP contribution in [0.5, 0.6) is 17.2 Å². The van der Waals surface area contributed by atoms with Gasteiger partial charge in [0, 0.05) is 11.6 Å². The zero-order valence-electron chi connectivity index (χ0n) is 12.4. The van der Waals surface area contributed by atoms with Crippen LogP contribution in [0.4, 0.5) is 5.95 Å². The summed E-state index contributed by atoms with van der Waals surface area (Å²) in [5, 5.41) is 7.81. The number of methoxy groups -OCH3 is 3.